The number of anilines is 1. The molecule has 2 amide bonds. The third-order valence-electron chi connectivity index (χ3n) is 4.36. The summed E-state index contributed by atoms with van der Waals surface area (Å²) in [5.41, 5.74) is 3.75. The molecule has 0 radical (unpaired) electrons. The fraction of sp³-hybridized carbons (Fsp3) is 0.0909. The van der Waals surface area contributed by atoms with E-state index < -0.39 is 11.9 Å². The molecule has 2 aromatic heterocycles. The molecule has 0 saturated heterocycles. The van der Waals surface area contributed by atoms with Crippen LogP contribution in [0.4, 0.5) is 5.69 Å². The third kappa shape index (κ3) is 4.14. The van der Waals surface area contributed by atoms with Crippen molar-refractivity contribution in [2.45, 2.75) is 13.0 Å². The molecule has 2 N–H and O–H groups in total. The largest absolute Gasteiger partial charge is 0.459 e. The summed E-state index contributed by atoms with van der Waals surface area (Å²) in [6.07, 6.45) is 3.11. The molecule has 1 unspecified atom stereocenters. The number of nitrogens with one attached hydrogen (secondary N) is 2. The molecule has 2 aromatic carbocycles. The van der Waals surface area contributed by atoms with Crippen LogP contribution in [0.3, 0.4) is 0 Å². The van der Waals surface area contributed by atoms with Gasteiger partial charge >= 0.3 is 0 Å². The molecule has 0 aliphatic carbocycles. The number of furan rings is 1. The van der Waals surface area contributed by atoms with Gasteiger partial charge in [0.05, 0.1) is 29.2 Å². The fourth-order valence-corrected chi connectivity index (χ4v) is 2.84. The van der Waals surface area contributed by atoms with Gasteiger partial charge in [0.15, 0.2) is 5.76 Å². The number of benzene rings is 2. The molecule has 29 heavy (non-hydrogen) atoms. The molecule has 4 aromatic rings. The Balaban J connectivity index is 1.48. The molecule has 0 aliphatic heterocycles. The summed E-state index contributed by atoms with van der Waals surface area (Å²) in [5.74, 6) is -0.633. The zero-order valence-electron chi connectivity index (χ0n) is 15.6. The van der Waals surface area contributed by atoms with Crippen molar-refractivity contribution in [2.75, 3.05) is 5.32 Å². The minimum atomic E-state index is -0.739. The fourth-order valence-electron chi connectivity index (χ4n) is 2.84. The van der Waals surface area contributed by atoms with E-state index in [0.29, 0.717) is 11.4 Å². The Hall–Kier alpha value is -4.00. The molecule has 0 spiro atoms. The first-order chi connectivity index (χ1) is 14.1. The number of hydrogen-bond acceptors (Lipinski definition) is 5. The standard InChI is InChI=1S/C22H18N4O3/c1-14(24-22(28)20-10-5-11-29-20)21(27)25-16-7-4-6-15(12-16)19-13-23-17-8-2-3-9-18(17)26-19/h2-14H,1H3,(H,24,28)(H,25,27). The van der Waals surface area contributed by atoms with Crippen LogP contribution in [-0.2, 0) is 4.79 Å². The second-order valence-electron chi connectivity index (χ2n) is 6.49. The Kier molecular flexibility index (Phi) is 5.03. The van der Waals surface area contributed by atoms with E-state index in [1.54, 1.807) is 25.3 Å². The molecule has 0 aliphatic rings. The van der Waals surface area contributed by atoms with Gasteiger partial charge in [-0.25, -0.2) is 4.98 Å². The van der Waals surface area contributed by atoms with Crippen LogP contribution in [0, 0.1) is 0 Å². The molecule has 1 atom stereocenters. The lowest BCUT2D eigenvalue weighted by atomic mass is 10.1. The zero-order valence-corrected chi connectivity index (χ0v) is 15.6. The lowest BCUT2D eigenvalue weighted by Gasteiger charge is -2.14. The number of hydrogen-bond donors (Lipinski definition) is 2. The van der Waals surface area contributed by atoms with E-state index in [9.17, 15) is 9.59 Å². The summed E-state index contributed by atoms with van der Waals surface area (Å²) >= 11 is 0. The van der Waals surface area contributed by atoms with Crippen LogP contribution in [0.2, 0.25) is 0 Å². The van der Waals surface area contributed by atoms with Crippen molar-refractivity contribution in [3.63, 3.8) is 0 Å². The maximum Gasteiger partial charge on any atom is 0.287 e. The summed E-state index contributed by atoms with van der Waals surface area (Å²) in [7, 11) is 0. The third-order valence-corrected chi connectivity index (χ3v) is 4.36. The Bertz CT molecular complexity index is 1170. The van der Waals surface area contributed by atoms with Crippen molar-refractivity contribution in [1.29, 1.82) is 0 Å². The smallest absolute Gasteiger partial charge is 0.287 e. The van der Waals surface area contributed by atoms with Crippen molar-refractivity contribution < 1.29 is 14.0 Å². The minimum absolute atomic E-state index is 0.154. The highest BCUT2D eigenvalue weighted by atomic mass is 16.3. The highest BCUT2D eigenvalue weighted by Crippen LogP contribution is 2.22. The summed E-state index contributed by atoms with van der Waals surface area (Å²) in [5, 5.41) is 5.41. The first kappa shape index (κ1) is 18.4. The first-order valence-corrected chi connectivity index (χ1v) is 9.07. The number of carbonyl (C=O) groups is 2. The maximum absolute atomic E-state index is 12.5. The Labute approximate surface area is 166 Å². The van der Waals surface area contributed by atoms with E-state index in [1.165, 1.54) is 12.3 Å². The second-order valence-corrected chi connectivity index (χ2v) is 6.49. The average Bonchev–Trinajstić information content (AvgIpc) is 3.28. The summed E-state index contributed by atoms with van der Waals surface area (Å²) < 4.78 is 5.03. The van der Waals surface area contributed by atoms with Gasteiger partial charge < -0.3 is 15.1 Å². The minimum Gasteiger partial charge on any atom is -0.459 e. The molecular weight excluding hydrogens is 368 g/mol. The molecule has 0 fully saturated rings. The van der Waals surface area contributed by atoms with Gasteiger partial charge in [-0.2, -0.15) is 0 Å². The van der Waals surface area contributed by atoms with E-state index in [-0.39, 0.29) is 11.7 Å². The number of fused-ring (bicyclic) bond motifs is 1. The Morgan fingerprint density at radius 3 is 2.62 bits per heavy atom. The van der Waals surface area contributed by atoms with E-state index in [0.717, 1.165) is 16.6 Å². The number of para-hydroxylation sites is 2. The van der Waals surface area contributed by atoms with Gasteiger partial charge in [0, 0.05) is 11.3 Å². The molecule has 7 nitrogen and oxygen atoms in total. The summed E-state index contributed by atoms with van der Waals surface area (Å²) in [6.45, 7) is 1.61. The molecular formula is C22H18N4O3. The quantitative estimate of drug-likeness (QED) is 0.546. The van der Waals surface area contributed by atoms with Gasteiger partial charge in [-0.1, -0.05) is 24.3 Å². The van der Waals surface area contributed by atoms with Crippen LogP contribution in [0.1, 0.15) is 17.5 Å². The van der Waals surface area contributed by atoms with Gasteiger partial charge in [-0.3, -0.25) is 14.6 Å². The SMILES string of the molecule is CC(NC(=O)c1ccco1)C(=O)Nc1cccc(-c2cnc3ccccc3n2)c1. The van der Waals surface area contributed by atoms with Gasteiger partial charge in [0.1, 0.15) is 6.04 Å². The highest BCUT2D eigenvalue weighted by Gasteiger charge is 2.18. The van der Waals surface area contributed by atoms with E-state index in [4.69, 9.17) is 4.42 Å². The van der Waals surface area contributed by atoms with Crippen molar-refractivity contribution >= 4 is 28.5 Å². The molecule has 0 bridgehead atoms. The van der Waals surface area contributed by atoms with Gasteiger partial charge in [-0.15, -0.1) is 0 Å². The van der Waals surface area contributed by atoms with Crippen LogP contribution < -0.4 is 10.6 Å². The van der Waals surface area contributed by atoms with Gasteiger partial charge in [0.25, 0.3) is 5.91 Å². The van der Waals surface area contributed by atoms with E-state index >= 15 is 0 Å². The van der Waals surface area contributed by atoms with Crippen LogP contribution in [-0.4, -0.2) is 27.8 Å². The number of aromatic nitrogens is 2. The number of nitrogens with zero attached hydrogens (tertiary/aromatic N) is 2. The lowest BCUT2D eigenvalue weighted by molar-refractivity contribution is -0.117. The van der Waals surface area contributed by atoms with Crippen molar-refractivity contribution in [1.82, 2.24) is 15.3 Å². The number of amides is 2. The highest BCUT2D eigenvalue weighted by molar-refractivity contribution is 6.00. The van der Waals surface area contributed by atoms with Crippen LogP contribution in [0.15, 0.2) is 77.5 Å². The molecule has 144 valence electrons. The normalized spacial score (nSPS) is 11.8. The Morgan fingerprint density at radius 2 is 1.83 bits per heavy atom. The van der Waals surface area contributed by atoms with Crippen molar-refractivity contribution in [2.24, 2.45) is 0 Å². The summed E-state index contributed by atoms with van der Waals surface area (Å²) in [4.78, 5) is 33.5. The van der Waals surface area contributed by atoms with Crippen LogP contribution in [0.5, 0.6) is 0 Å². The molecule has 2 heterocycles. The van der Waals surface area contributed by atoms with Gasteiger partial charge in [0.2, 0.25) is 5.91 Å². The Morgan fingerprint density at radius 1 is 1.00 bits per heavy atom. The first-order valence-electron chi connectivity index (χ1n) is 9.07. The predicted molar refractivity (Wildman–Crippen MR) is 109 cm³/mol. The van der Waals surface area contributed by atoms with Crippen molar-refractivity contribution in [3.05, 3.63) is 78.9 Å². The second kappa shape index (κ2) is 7.93. The molecule has 4 rings (SSSR count). The predicted octanol–water partition coefficient (Wildman–Crippen LogP) is 3.65. The molecule has 7 heteroatoms. The zero-order chi connectivity index (χ0) is 20.2. The number of carbonyl (C=O) groups excluding carboxylic acids is 2. The van der Waals surface area contributed by atoms with Crippen molar-refractivity contribution in [3.8, 4) is 11.3 Å². The topological polar surface area (TPSA) is 97.1 Å². The average molecular weight is 386 g/mol. The number of rotatable bonds is 5. The van der Waals surface area contributed by atoms with Crippen LogP contribution in [0.25, 0.3) is 22.3 Å². The van der Waals surface area contributed by atoms with Gasteiger partial charge in [-0.05, 0) is 43.3 Å². The molecule has 0 saturated carbocycles. The lowest BCUT2D eigenvalue weighted by Crippen LogP contribution is -2.41. The maximum atomic E-state index is 12.5. The van der Waals surface area contributed by atoms with E-state index in [1.807, 2.05) is 42.5 Å². The summed E-state index contributed by atoms with van der Waals surface area (Å²) in [6, 6.07) is 17.4. The van der Waals surface area contributed by atoms with E-state index in [2.05, 4.69) is 20.6 Å². The van der Waals surface area contributed by atoms with Crippen LogP contribution >= 0.6 is 0 Å². The monoisotopic (exact) mass is 386 g/mol.